The van der Waals surface area contributed by atoms with Gasteiger partial charge in [-0.3, -0.25) is 9.69 Å². The third kappa shape index (κ3) is 8.09. The topological polar surface area (TPSA) is 102 Å². The van der Waals surface area contributed by atoms with Crippen molar-refractivity contribution in [2.75, 3.05) is 17.2 Å². The van der Waals surface area contributed by atoms with Crippen molar-refractivity contribution in [3.63, 3.8) is 0 Å². The first-order chi connectivity index (χ1) is 21.5. The van der Waals surface area contributed by atoms with Crippen LogP contribution in [0.5, 0.6) is 5.75 Å². The van der Waals surface area contributed by atoms with E-state index in [1.54, 1.807) is 4.90 Å². The van der Waals surface area contributed by atoms with E-state index in [4.69, 9.17) is 0 Å². The Morgan fingerprint density at radius 2 is 1.82 bits per heavy atom. The lowest BCUT2D eigenvalue weighted by atomic mass is 9.98. The second kappa shape index (κ2) is 13.6. The zero-order chi connectivity index (χ0) is 32.1. The predicted octanol–water partition coefficient (Wildman–Crippen LogP) is 7.04. The number of carbonyl (C=O) groups excluding carboxylic acids is 2. The number of halogens is 3. The van der Waals surface area contributed by atoms with Crippen LogP contribution in [0.1, 0.15) is 42.9 Å². The molecule has 1 N–H and O–H groups in total. The van der Waals surface area contributed by atoms with Crippen molar-refractivity contribution in [3.8, 4) is 22.8 Å². The number of rotatable bonds is 8. The molecule has 1 aliphatic heterocycles. The maximum absolute atomic E-state index is 13.0. The number of amidine groups is 1. The van der Waals surface area contributed by atoms with Gasteiger partial charge in [-0.1, -0.05) is 62.0 Å². The summed E-state index contributed by atoms with van der Waals surface area (Å²) in [5, 5.41) is 7.61. The Balaban J connectivity index is 1.19. The molecule has 3 aromatic carbocycles. The van der Waals surface area contributed by atoms with Crippen LogP contribution in [-0.2, 0) is 11.2 Å². The average Bonchev–Trinajstić information content (AvgIpc) is 3.47. The molecule has 1 aliphatic rings. The zero-order valence-corrected chi connectivity index (χ0v) is 25.7. The molecule has 0 saturated carbocycles. The lowest BCUT2D eigenvalue weighted by Gasteiger charge is -2.30. The largest absolute Gasteiger partial charge is 0.573 e. The summed E-state index contributed by atoms with van der Waals surface area (Å²) in [6.07, 6.45) is -2.36. The monoisotopic (exact) mass is 636 g/mol. The third-order valence-electron chi connectivity index (χ3n) is 6.96. The number of amides is 3. The van der Waals surface area contributed by atoms with Crippen molar-refractivity contribution in [1.82, 2.24) is 20.1 Å². The molecule has 0 spiro atoms. The minimum absolute atomic E-state index is 0.0827. The summed E-state index contributed by atoms with van der Waals surface area (Å²) in [5.41, 5.74) is 5.05. The standard InChI is InChI=1S/C32H31F3N6O3S/c1-20(2)26-13-4-21(3)18-27(26)41-28(42)15-17-45-31(41)38-30(43)36-16-14-22-5-7-23(8-6-22)29-37-19-40(39-29)24-9-11-25(12-10-24)44-32(33,34)35/h4-13,18-20H,14-17H2,1-3H3,(H,36,43). The maximum atomic E-state index is 13.0. The molecule has 0 radical (unpaired) electrons. The first kappa shape index (κ1) is 31.8. The van der Waals surface area contributed by atoms with E-state index in [1.807, 2.05) is 49.4 Å². The number of aromatic nitrogens is 3. The van der Waals surface area contributed by atoms with Gasteiger partial charge in [0.25, 0.3) is 0 Å². The van der Waals surface area contributed by atoms with Gasteiger partial charge in [0.05, 0.1) is 11.4 Å². The maximum Gasteiger partial charge on any atom is 0.573 e. The Labute approximate surface area is 262 Å². The number of anilines is 1. The molecule has 2 heterocycles. The summed E-state index contributed by atoms with van der Waals surface area (Å²) in [4.78, 5) is 35.9. The molecule has 13 heteroatoms. The second-order valence-corrected chi connectivity index (χ2v) is 11.7. The number of carbonyl (C=O) groups is 2. The Morgan fingerprint density at radius 3 is 2.51 bits per heavy atom. The summed E-state index contributed by atoms with van der Waals surface area (Å²) in [5.74, 6) is 0.793. The normalized spacial score (nSPS) is 14.7. The quantitative estimate of drug-likeness (QED) is 0.223. The lowest BCUT2D eigenvalue weighted by Crippen LogP contribution is -2.41. The fourth-order valence-electron chi connectivity index (χ4n) is 4.75. The Morgan fingerprint density at radius 1 is 1.09 bits per heavy atom. The number of alkyl halides is 3. The van der Waals surface area contributed by atoms with E-state index in [2.05, 4.69) is 39.0 Å². The van der Waals surface area contributed by atoms with Gasteiger partial charge in [-0.25, -0.2) is 14.5 Å². The molecular formula is C32H31F3N6O3S. The number of ether oxygens (including phenoxy) is 1. The van der Waals surface area contributed by atoms with Gasteiger partial charge in [-0.15, -0.1) is 18.3 Å². The highest BCUT2D eigenvalue weighted by Crippen LogP contribution is 2.33. The molecule has 234 valence electrons. The van der Waals surface area contributed by atoms with Crippen LogP contribution in [0.3, 0.4) is 0 Å². The lowest BCUT2D eigenvalue weighted by molar-refractivity contribution is -0.274. The highest BCUT2D eigenvalue weighted by molar-refractivity contribution is 8.14. The molecule has 45 heavy (non-hydrogen) atoms. The van der Waals surface area contributed by atoms with Crippen molar-refractivity contribution in [1.29, 1.82) is 0 Å². The van der Waals surface area contributed by atoms with E-state index in [0.29, 0.717) is 41.8 Å². The van der Waals surface area contributed by atoms with Gasteiger partial charge in [0, 0.05) is 24.3 Å². The van der Waals surface area contributed by atoms with Gasteiger partial charge in [-0.2, -0.15) is 4.99 Å². The number of aliphatic imine (C=N–C) groups is 1. The Hall–Kier alpha value is -4.65. The molecule has 1 saturated heterocycles. The van der Waals surface area contributed by atoms with E-state index in [1.165, 1.54) is 47.0 Å². The molecule has 1 fully saturated rings. The van der Waals surface area contributed by atoms with E-state index < -0.39 is 12.4 Å². The fourth-order valence-corrected chi connectivity index (χ4v) is 5.68. The van der Waals surface area contributed by atoms with Gasteiger partial charge < -0.3 is 10.1 Å². The van der Waals surface area contributed by atoms with Gasteiger partial charge in [0.15, 0.2) is 11.0 Å². The van der Waals surface area contributed by atoms with Crippen LogP contribution in [0.4, 0.5) is 23.7 Å². The number of nitrogens with zero attached hydrogens (tertiary/aromatic N) is 5. The van der Waals surface area contributed by atoms with Crippen LogP contribution in [0.15, 0.2) is 78.0 Å². The molecule has 5 rings (SSSR count). The van der Waals surface area contributed by atoms with E-state index in [9.17, 15) is 22.8 Å². The molecule has 3 amide bonds. The minimum Gasteiger partial charge on any atom is -0.406 e. The molecule has 1 aromatic heterocycles. The van der Waals surface area contributed by atoms with Crippen molar-refractivity contribution in [2.45, 2.75) is 45.9 Å². The Bertz CT molecular complexity index is 1700. The first-order valence-electron chi connectivity index (χ1n) is 14.3. The number of thioether (sulfide) groups is 1. The molecule has 0 unspecified atom stereocenters. The SMILES string of the molecule is Cc1ccc(C(C)C)c(N2C(=O)CCSC2=NC(=O)NCCc2ccc(-c3ncn(-c4ccc(OC(F)(F)F)cc4)n3)cc2)c1. The highest BCUT2D eigenvalue weighted by atomic mass is 32.2. The molecule has 4 aromatic rings. The number of hydrogen-bond acceptors (Lipinski definition) is 6. The van der Waals surface area contributed by atoms with Crippen molar-refractivity contribution < 1.29 is 27.5 Å². The van der Waals surface area contributed by atoms with Crippen LogP contribution in [0.2, 0.25) is 0 Å². The fraction of sp³-hybridized carbons (Fsp3) is 0.281. The first-order valence-corrected chi connectivity index (χ1v) is 15.3. The predicted molar refractivity (Wildman–Crippen MR) is 168 cm³/mol. The summed E-state index contributed by atoms with van der Waals surface area (Å²) in [7, 11) is 0. The number of hydrogen-bond donors (Lipinski definition) is 1. The van der Waals surface area contributed by atoms with Crippen LogP contribution in [-0.4, -0.2) is 50.5 Å². The van der Waals surface area contributed by atoms with Gasteiger partial charge in [0.2, 0.25) is 5.91 Å². The Kier molecular flexibility index (Phi) is 9.57. The van der Waals surface area contributed by atoms with Crippen LogP contribution >= 0.6 is 11.8 Å². The van der Waals surface area contributed by atoms with Crippen LogP contribution < -0.4 is 15.0 Å². The zero-order valence-electron chi connectivity index (χ0n) is 24.8. The van der Waals surface area contributed by atoms with E-state index in [0.717, 1.165) is 27.9 Å². The minimum atomic E-state index is -4.76. The smallest absolute Gasteiger partial charge is 0.406 e. The summed E-state index contributed by atoms with van der Waals surface area (Å²) >= 11 is 1.39. The molecule has 9 nitrogen and oxygen atoms in total. The van der Waals surface area contributed by atoms with Gasteiger partial charge in [0.1, 0.15) is 12.1 Å². The van der Waals surface area contributed by atoms with Crippen molar-refractivity contribution >= 4 is 34.6 Å². The number of benzene rings is 3. The van der Waals surface area contributed by atoms with Crippen LogP contribution in [0.25, 0.3) is 17.1 Å². The summed E-state index contributed by atoms with van der Waals surface area (Å²) in [6.45, 7) is 6.45. The molecule has 0 atom stereocenters. The van der Waals surface area contributed by atoms with Crippen molar-refractivity contribution in [3.05, 3.63) is 89.7 Å². The molecule has 0 aliphatic carbocycles. The second-order valence-electron chi connectivity index (χ2n) is 10.7. The average molecular weight is 637 g/mol. The van der Waals surface area contributed by atoms with Crippen molar-refractivity contribution in [2.24, 2.45) is 4.99 Å². The van der Waals surface area contributed by atoms with Gasteiger partial charge >= 0.3 is 12.4 Å². The number of urea groups is 1. The number of aryl methyl sites for hydroxylation is 1. The van der Waals surface area contributed by atoms with Gasteiger partial charge in [-0.05, 0) is 66.3 Å². The highest BCUT2D eigenvalue weighted by Gasteiger charge is 2.31. The third-order valence-corrected chi connectivity index (χ3v) is 7.90. The number of nitrogens with one attached hydrogen (secondary N) is 1. The van der Waals surface area contributed by atoms with Crippen LogP contribution in [0, 0.1) is 6.92 Å². The van der Waals surface area contributed by atoms with E-state index >= 15 is 0 Å². The summed E-state index contributed by atoms with van der Waals surface area (Å²) in [6, 6.07) is 18.3. The van der Waals surface area contributed by atoms with E-state index in [-0.39, 0.29) is 17.6 Å². The summed E-state index contributed by atoms with van der Waals surface area (Å²) < 4.78 is 42.6. The molecular weight excluding hydrogens is 605 g/mol. The molecule has 0 bridgehead atoms.